The number of Topliss-reactive ketones (excluding diaryl/α,β-unsaturated/α-hetero) is 1. The minimum atomic E-state index is -1.05. The summed E-state index contributed by atoms with van der Waals surface area (Å²) in [6.07, 6.45) is 1.52. The van der Waals surface area contributed by atoms with Gasteiger partial charge in [-0.05, 0) is 29.7 Å². The summed E-state index contributed by atoms with van der Waals surface area (Å²) in [4.78, 5) is 23.0. The summed E-state index contributed by atoms with van der Waals surface area (Å²) in [5.74, 6) is -0.621. The molecule has 0 amide bonds. The van der Waals surface area contributed by atoms with Gasteiger partial charge in [0.05, 0.1) is 13.2 Å². The molecule has 6 heteroatoms. The van der Waals surface area contributed by atoms with Crippen LogP contribution in [0.2, 0.25) is 0 Å². The van der Waals surface area contributed by atoms with Crippen LogP contribution >= 0.6 is 0 Å². The Hall–Kier alpha value is -3.25. The summed E-state index contributed by atoms with van der Waals surface area (Å²) < 4.78 is 24.0. The first-order chi connectivity index (χ1) is 14.8. The normalized spacial score (nSPS) is 12.6. The van der Waals surface area contributed by atoms with Gasteiger partial charge in [0.1, 0.15) is 29.4 Å². The first kappa shape index (κ1) is 22.4. The number of halogens is 1. The molecule has 1 unspecified atom stereocenters. The van der Waals surface area contributed by atoms with E-state index in [2.05, 4.69) is 4.74 Å². The van der Waals surface area contributed by atoms with Crippen molar-refractivity contribution in [1.82, 2.24) is 0 Å². The maximum atomic E-state index is 13.3. The van der Waals surface area contributed by atoms with Crippen molar-refractivity contribution in [1.29, 1.82) is 0 Å². The van der Waals surface area contributed by atoms with Gasteiger partial charge in [0.25, 0.3) is 0 Å². The zero-order valence-corrected chi connectivity index (χ0v) is 17.7. The Bertz CT molecular complexity index is 1110. The Morgan fingerprint density at radius 2 is 1.87 bits per heavy atom. The average Bonchev–Trinajstić information content (AvgIpc) is 3.11. The number of ketones is 1. The SMILES string of the molecule is COC(=O)CC(=O)CC(O)C=Cc1oc2c(-c3ccc(F)cc3)cccc2c1C(C)C. The maximum Gasteiger partial charge on any atom is 0.313 e. The third kappa shape index (κ3) is 5.27. The molecule has 3 rings (SSSR count). The highest BCUT2D eigenvalue weighted by Gasteiger charge is 2.19. The lowest BCUT2D eigenvalue weighted by Crippen LogP contribution is -2.15. The molecule has 0 aliphatic heterocycles. The van der Waals surface area contributed by atoms with Gasteiger partial charge in [0.2, 0.25) is 0 Å². The van der Waals surface area contributed by atoms with Crippen LogP contribution in [0.25, 0.3) is 28.2 Å². The number of hydrogen-bond donors (Lipinski definition) is 1. The molecule has 2 aromatic carbocycles. The average molecular weight is 424 g/mol. The molecule has 1 heterocycles. The van der Waals surface area contributed by atoms with Crippen LogP contribution in [0.3, 0.4) is 0 Å². The number of furan rings is 1. The molecular formula is C25H25FO5. The fourth-order valence-electron chi connectivity index (χ4n) is 3.54. The number of rotatable bonds is 8. The largest absolute Gasteiger partial charge is 0.469 e. The number of methoxy groups -OCH3 is 1. The fraction of sp³-hybridized carbons (Fsp3) is 0.280. The van der Waals surface area contributed by atoms with Gasteiger partial charge in [-0.1, -0.05) is 50.3 Å². The molecule has 162 valence electrons. The number of aliphatic hydroxyl groups is 1. The van der Waals surface area contributed by atoms with Crippen molar-refractivity contribution in [2.24, 2.45) is 0 Å². The number of esters is 1. The Kier molecular flexibility index (Phi) is 7.02. The minimum absolute atomic E-state index is 0.141. The highest BCUT2D eigenvalue weighted by molar-refractivity contribution is 5.97. The lowest BCUT2D eigenvalue weighted by atomic mass is 9.96. The number of ether oxygens (including phenoxy) is 1. The molecule has 0 fully saturated rings. The predicted octanol–water partition coefficient (Wildman–Crippen LogP) is 5.26. The monoisotopic (exact) mass is 424 g/mol. The minimum Gasteiger partial charge on any atom is -0.469 e. The van der Waals surface area contributed by atoms with Gasteiger partial charge in [-0.2, -0.15) is 0 Å². The molecule has 0 saturated heterocycles. The number of para-hydroxylation sites is 1. The van der Waals surface area contributed by atoms with E-state index in [0.29, 0.717) is 11.3 Å². The Morgan fingerprint density at radius 1 is 1.16 bits per heavy atom. The van der Waals surface area contributed by atoms with Crippen molar-refractivity contribution in [2.75, 3.05) is 7.11 Å². The first-order valence-electron chi connectivity index (χ1n) is 10.1. The number of benzene rings is 2. The summed E-state index contributed by atoms with van der Waals surface area (Å²) in [5.41, 5.74) is 3.32. The van der Waals surface area contributed by atoms with Crippen LogP contribution in [0.4, 0.5) is 4.39 Å². The van der Waals surface area contributed by atoms with E-state index >= 15 is 0 Å². The van der Waals surface area contributed by atoms with Crippen molar-refractivity contribution >= 4 is 28.8 Å². The van der Waals surface area contributed by atoms with Gasteiger partial charge in [-0.3, -0.25) is 9.59 Å². The van der Waals surface area contributed by atoms with Crippen molar-refractivity contribution in [2.45, 2.75) is 38.7 Å². The van der Waals surface area contributed by atoms with Crippen molar-refractivity contribution < 1.29 is 28.2 Å². The smallest absolute Gasteiger partial charge is 0.313 e. The lowest BCUT2D eigenvalue weighted by molar-refractivity contribution is -0.143. The van der Waals surface area contributed by atoms with Crippen LogP contribution in [-0.2, 0) is 14.3 Å². The highest BCUT2D eigenvalue weighted by Crippen LogP contribution is 2.38. The van der Waals surface area contributed by atoms with E-state index in [1.165, 1.54) is 25.3 Å². The van der Waals surface area contributed by atoms with Gasteiger partial charge in [0, 0.05) is 22.9 Å². The summed E-state index contributed by atoms with van der Waals surface area (Å²) in [6.45, 7) is 4.09. The molecule has 0 spiro atoms. The van der Waals surface area contributed by atoms with Crippen LogP contribution in [-0.4, -0.2) is 30.1 Å². The van der Waals surface area contributed by atoms with Crippen LogP contribution in [0.5, 0.6) is 0 Å². The van der Waals surface area contributed by atoms with Crippen LogP contribution in [0.15, 0.2) is 53.0 Å². The van der Waals surface area contributed by atoms with Gasteiger partial charge >= 0.3 is 5.97 Å². The Balaban J connectivity index is 1.93. The number of fused-ring (bicyclic) bond motifs is 1. The molecular weight excluding hydrogens is 399 g/mol. The van der Waals surface area contributed by atoms with Gasteiger partial charge in [-0.15, -0.1) is 0 Å². The van der Waals surface area contributed by atoms with Crippen LogP contribution in [0.1, 0.15) is 43.9 Å². The molecule has 0 bridgehead atoms. The zero-order chi connectivity index (χ0) is 22.5. The van der Waals surface area contributed by atoms with E-state index in [1.54, 1.807) is 18.2 Å². The maximum absolute atomic E-state index is 13.3. The van der Waals surface area contributed by atoms with E-state index in [-0.39, 0.29) is 24.6 Å². The summed E-state index contributed by atoms with van der Waals surface area (Å²) in [6, 6.07) is 12.0. The molecule has 1 aromatic heterocycles. The molecule has 3 aromatic rings. The lowest BCUT2D eigenvalue weighted by Gasteiger charge is -2.06. The number of hydrogen-bond acceptors (Lipinski definition) is 5. The Labute approximate surface area is 180 Å². The van der Waals surface area contributed by atoms with Crippen molar-refractivity contribution in [3.63, 3.8) is 0 Å². The van der Waals surface area contributed by atoms with Crippen molar-refractivity contribution in [3.8, 4) is 11.1 Å². The molecule has 0 radical (unpaired) electrons. The number of aliphatic hydroxyl groups excluding tert-OH is 1. The molecule has 0 aliphatic carbocycles. The van der Waals surface area contributed by atoms with E-state index in [1.807, 2.05) is 32.0 Å². The summed E-state index contributed by atoms with van der Waals surface area (Å²) in [5, 5.41) is 11.1. The Morgan fingerprint density at radius 3 is 2.52 bits per heavy atom. The van der Waals surface area contributed by atoms with Crippen LogP contribution in [0, 0.1) is 5.82 Å². The zero-order valence-electron chi connectivity index (χ0n) is 17.7. The van der Waals surface area contributed by atoms with E-state index < -0.39 is 17.9 Å². The fourth-order valence-corrected chi connectivity index (χ4v) is 3.54. The molecule has 0 aliphatic rings. The first-order valence-corrected chi connectivity index (χ1v) is 10.1. The third-order valence-electron chi connectivity index (χ3n) is 4.99. The molecule has 1 N–H and O–H groups in total. The topological polar surface area (TPSA) is 76.7 Å². The standard InChI is InChI=1S/C25H25FO5/c1-15(2)24-21-6-4-5-20(16-7-9-17(26)10-8-16)25(21)31-22(24)12-11-18(27)13-19(28)14-23(29)30-3/h4-12,15,18,27H,13-14H2,1-3H3. The van der Waals surface area contributed by atoms with E-state index in [4.69, 9.17) is 4.42 Å². The highest BCUT2D eigenvalue weighted by atomic mass is 19.1. The second-order valence-electron chi connectivity index (χ2n) is 7.65. The molecule has 1 atom stereocenters. The molecule has 5 nitrogen and oxygen atoms in total. The summed E-state index contributed by atoms with van der Waals surface area (Å²) in [7, 11) is 1.21. The molecule has 0 saturated carbocycles. The molecule has 31 heavy (non-hydrogen) atoms. The number of carbonyl (C=O) groups is 2. The summed E-state index contributed by atoms with van der Waals surface area (Å²) >= 11 is 0. The van der Waals surface area contributed by atoms with Crippen LogP contribution < -0.4 is 0 Å². The van der Waals surface area contributed by atoms with Gasteiger partial charge in [-0.25, -0.2) is 4.39 Å². The predicted molar refractivity (Wildman–Crippen MR) is 117 cm³/mol. The van der Waals surface area contributed by atoms with E-state index in [9.17, 15) is 19.1 Å². The second-order valence-corrected chi connectivity index (χ2v) is 7.65. The van der Waals surface area contributed by atoms with Gasteiger partial charge < -0.3 is 14.3 Å². The van der Waals surface area contributed by atoms with Crippen molar-refractivity contribution in [3.05, 3.63) is 65.7 Å². The third-order valence-corrected chi connectivity index (χ3v) is 4.99. The quantitative estimate of drug-likeness (QED) is 0.394. The van der Waals surface area contributed by atoms with Gasteiger partial charge in [0.15, 0.2) is 0 Å². The van der Waals surface area contributed by atoms with E-state index in [0.717, 1.165) is 22.1 Å². The second kappa shape index (κ2) is 9.71. The number of carbonyl (C=O) groups excluding carboxylic acids is 2.